The van der Waals surface area contributed by atoms with Gasteiger partial charge in [0.25, 0.3) is 0 Å². The molecule has 20 heavy (non-hydrogen) atoms. The molecule has 3 N–H and O–H groups in total. The normalized spacial score (nSPS) is 19.0. The Morgan fingerprint density at radius 1 is 1.20 bits per heavy atom. The lowest BCUT2D eigenvalue weighted by molar-refractivity contribution is -0.137. The second-order valence-corrected chi connectivity index (χ2v) is 6.34. The number of nitrogen functional groups attached to an aromatic ring is 1. The molecule has 1 aliphatic rings. The molecular weight excluding hydrogens is 287 g/mol. The fourth-order valence-corrected chi connectivity index (χ4v) is 3.53. The van der Waals surface area contributed by atoms with E-state index in [-0.39, 0.29) is 5.69 Å². The van der Waals surface area contributed by atoms with Crippen molar-refractivity contribution in [2.45, 2.75) is 48.8 Å². The Bertz CT molecular complexity index is 470. The van der Waals surface area contributed by atoms with Gasteiger partial charge in [-0.2, -0.15) is 13.2 Å². The van der Waals surface area contributed by atoms with Crippen LogP contribution in [0.5, 0.6) is 0 Å². The number of benzene rings is 1. The third-order valence-electron chi connectivity index (χ3n) is 3.62. The van der Waals surface area contributed by atoms with E-state index in [1.165, 1.54) is 17.8 Å². The van der Waals surface area contributed by atoms with Gasteiger partial charge in [-0.25, -0.2) is 0 Å². The second-order valence-electron chi connectivity index (χ2n) is 5.32. The van der Waals surface area contributed by atoms with Gasteiger partial charge < -0.3 is 10.8 Å². The van der Waals surface area contributed by atoms with Gasteiger partial charge in [-0.1, -0.05) is 19.3 Å². The third-order valence-corrected chi connectivity index (χ3v) is 4.98. The number of aliphatic hydroxyl groups is 1. The summed E-state index contributed by atoms with van der Waals surface area (Å²) in [4.78, 5) is 0.594. The van der Waals surface area contributed by atoms with Crippen LogP contribution in [0.15, 0.2) is 23.1 Å². The van der Waals surface area contributed by atoms with Crippen molar-refractivity contribution < 1.29 is 18.3 Å². The van der Waals surface area contributed by atoms with Crippen molar-refractivity contribution >= 4 is 17.4 Å². The topological polar surface area (TPSA) is 46.2 Å². The molecule has 0 amide bonds. The molecule has 0 aliphatic heterocycles. The summed E-state index contributed by atoms with van der Waals surface area (Å²) in [6.45, 7) is 0. The zero-order valence-electron chi connectivity index (χ0n) is 11.0. The average molecular weight is 305 g/mol. The molecule has 0 radical (unpaired) electrons. The SMILES string of the molecule is Nc1cc(C(F)(F)F)ccc1SCC1(O)CCCCC1. The van der Waals surface area contributed by atoms with Gasteiger partial charge in [0.1, 0.15) is 0 Å². The largest absolute Gasteiger partial charge is 0.416 e. The predicted molar refractivity (Wildman–Crippen MR) is 74.6 cm³/mol. The molecule has 1 aromatic rings. The minimum atomic E-state index is -4.38. The second kappa shape index (κ2) is 5.85. The first kappa shape index (κ1) is 15.5. The maximum absolute atomic E-state index is 12.5. The van der Waals surface area contributed by atoms with Gasteiger partial charge in [0.15, 0.2) is 0 Å². The Morgan fingerprint density at radius 3 is 2.40 bits per heavy atom. The molecule has 0 saturated heterocycles. The molecule has 0 bridgehead atoms. The summed E-state index contributed by atoms with van der Waals surface area (Å²) in [6.07, 6.45) is 0.258. The maximum Gasteiger partial charge on any atom is 0.416 e. The molecule has 6 heteroatoms. The average Bonchev–Trinajstić information content (AvgIpc) is 2.37. The molecule has 1 aliphatic carbocycles. The van der Waals surface area contributed by atoms with E-state index in [1.807, 2.05) is 0 Å². The first-order chi connectivity index (χ1) is 9.30. The van der Waals surface area contributed by atoms with Crippen molar-refractivity contribution in [2.75, 3.05) is 11.5 Å². The zero-order chi connectivity index (χ0) is 14.8. The highest BCUT2D eigenvalue weighted by molar-refractivity contribution is 7.99. The number of nitrogens with two attached hydrogens (primary N) is 1. The molecule has 0 heterocycles. The summed E-state index contributed by atoms with van der Waals surface area (Å²) in [7, 11) is 0. The smallest absolute Gasteiger partial charge is 0.398 e. The van der Waals surface area contributed by atoms with Gasteiger partial charge in [-0.05, 0) is 31.0 Å². The summed E-state index contributed by atoms with van der Waals surface area (Å²) in [5.41, 5.74) is 4.34. The summed E-state index contributed by atoms with van der Waals surface area (Å²) < 4.78 is 37.6. The Hall–Kier alpha value is -0.880. The van der Waals surface area contributed by atoms with Crippen molar-refractivity contribution in [1.29, 1.82) is 0 Å². The van der Waals surface area contributed by atoms with Crippen molar-refractivity contribution in [3.63, 3.8) is 0 Å². The van der Waals surface area contributed by atoms with E-state index < -0.39 is 17.3 Å². The number of hydrogen-bond donors (Lipinski definition) is 2. The molecule has 112 valence electrons. The van der Waals surface area contributed by atoms with E-state index in [2.05, 4.69) is 0 Å². The van der Waals surface area contributed by atoms with E-state index in [0.29, 0.717) is 10.6 Å². The lowest BCUT2D eigenvalue weighted by Crippen LogP contribution is -2.34. The number of alkyl halides is 3. The third kappa shape index (κ3) is 3.82. The van der Waals surface area contributed by atoms with E-state index in [0.717, 1.165) is 44.2 Å². The molecule has 2 rings (SSSR count). The minimum Gasteiger partial charge on any atom is -0.398 e. The van der Waals surface area contributed by atoms with Crippen molar-refractivity contribution in [2.24, 2.45) is 0 Å². The van der Waals surface area contributed by atoms with Crippen molar-refractivity contribution in [1.82, 2.24) is 0 Å². The van der Waals surface area contributed by atoms with Crippen LogP contribution in [0.4, 0.5) is 18.9 Å². The Balaban J connectivity index is 2.03. The highest BCUT2D eigenvalue weighted by atomic mass is 32.2. The van der Waals surface area contributed by atoms with Crippen molar-refractivity contribution in [3.05, 3.63) is 23.8 Å². The van der Waals surface area contributed by atoms with Crippen LogP contribution < -0.4 is 5.73 Å². The Morgan fingerprint density at radius 2 is 1.85 bits per heavy atom. The fraction of sp³-hybridized carbons (Fsp3) is 0.571. The maximum atomic E-state index is 12.5. The number of thioether (sulfide) groups is 1. The number of halogens is 3. The molecule has 1 fully saturated rings. The van der Waals surface area contributed by atoms with Gasteiger partial charge in [-0.3, -0.25) is 0 Å². The standard InChI is InChI=1S/C14H18F3NOS/c15-14(16,17)10-4-5-12(11(18)8-10)20-9-13(19)6-2-1-3-7-13/h4-5,8,19H,1-3,6-7,9,18H2. The Kier molecular flexibility index (Phi) is 4.54. The zero-order valence-corrected chi connectivity index (χ0v) is 11.9. The molecule has 0 atom stereocenters. The predicted octanol–water partition coefficient (Wildman–Crippen LogP) is 4.07. The summed E-state index contributed by atoms with van der Waals surface area (Å²) >= 11 is 1.33. The van der Waals surface area contributed by atoms with E-state index in [9.17, 15) is 18.3 Å². The molecule has 1 saturated carbocycles. The van der Waals surface area contributed by atoms with Gasteiger partial charge in [-0.15, -0.1) is 11.8 Å². The van der Waals surface area contributed by atoms with Gasteiger partial charge in [0, 0.05) is 16.3 Å². The Labute approximate surface area is 120 Å². The van der Waals surface area contributed by atoms with E-state index in [1.54, 1.807) is 0 Å². The van der Waals surface area contributed by atoms with Crippen LogP contribution in [0.3, 0.4) is 0 Å². The first-order valence-corrected chi connectivity index (χ1v) is 7.61. The molecule has 1 aromatic carbocycles. The summed E-state index contributed by atoms with van der Waals surface area (Å²) in [6, 6.07) is 3.37. The van der Waals surface area contributed by atoms with Crippen LogP contribution in [-0.4, -0.2) is 16.5 Å². The summed E-state index contributed by atoms with van der Waals surface area (Å²) in [5, 5.41) is 10.4. The molecule has 0 unspecified atom stereocenters. The van der Waals surface area contributed by atoms with Gasteiger partial charge >= 0.3 is 6.18 Å². The minimum absolute atomic E-state index is 0.115. The van der Waals surface area contributed by atoms with Crippen LogP contribution in [0.1, 0.15) is 37.7 Å². The van der Waals surface area contributed by atoms with Crippen LogP contribution in [0.25, 0.3) is 0 Å². The van der Waals surface area contributed by atoms with Gasteiger partial charge in [0.05, 0.1) is 11.2 Å². The number of rotatable bonds is 3. The highest BCUT2D eigenvalue weighted by Crippen LogP contribution is 2.37. The number of anilines is 1. The quantitative estimate of drug-likeness (QED) is 0.653. The first-order valence-electron chi connectivity index (χ1n) is 6.62. The van der Waals surface area contributed by atoms with Crippen LogP contribution in [0.2, 0.25) is 0 Å². The lowest BCUT2D eigenvalue weighted by atomic mass is 9.86. The van der Waals surface area contributed by atoms with Crippen LogP contribution in [-0.2, 0) is 6.18 Å². The monoisotopic (exact) mass is 305 g/mol. The van der Waals surface area contributed by atoms with E-state index in [4.69, 9.17) is 5.73 Å². The lowest BCUT2D eigenvalue weighted by Gasteiger charge is -2.31. The molecule has 2 nitrogen and oxygen atoms in total. The number of hydrogen-bond acceptors (Lipinski definition) is 3. The van der Waals surface area contributed by atoms with Crippen LogP contribution >= 0.6 is 11.8 Å². The highest BCUT2D eigenvalue weighted by Gasteiger charge is 2.32. The molecular formula is C14H18F3NOS. The molecule has 0 aromatic heterocycles. The van der Waals surface area contributed by atoms with Gasteiger partial charge in [0.2, 0.25) is 0 Å². The summed E-state index contributed by atoms with van der Waals surface area (Å²) in [5.74, 6) is 0.475. The van der Waals surface area contributed by atoms with Crippen molar-refractivity contribution in [3.8, 4) is 0 Å². The fourth-order valence-electron chi connectivity index (χ4n) is 2.42. The molecule has 0 spiro atoms. The van der Waals surface area contributed by atoms with Crippen LogP contribution in [0, 0.1) is 0 Å². The van der Waals surface area contributed by atoms with E-state index >= 15 is 0 Å².